The van der Waals surface area contributed by atoms with Crippen molar-refractivity contribution in [3.63, 3.8) is 0 Å². The van der Waals surface area contributed by atoms with E-state index >= 15 is 0 Å². The summed E-state index contributed by atoms with van der Waals surface area (Å²) in [6.07, 6.45) is 2.60. The first-order chi connectivity index (χ1) is 8.55. The average Bonchev–Trinajstić information content (AvgIpc) is 2.99. The molecule has 1 aliphatic rings. The smallest absolute Gasteiger partial charge is 0.329 e. The Labute approximate surface area is 109 Å². The lowest BCUT2D eigenvalue weighted by Crippen LogP contribution is -2.54. The van der Waals surface area contributed by atoms with Crippen molar-refractivity contribution in [1.82, 2.24) is 5.32 Å². The zero-order valence-corrected chi connectivity index (χ0v) is 10.7. The van der Waals surface area contributed by atoms with Crippen molar-refractivity contribution in [2.24, 2.45) is 5.73 Å². The maximum Gasteiger partial charge on any atom is 0.329 e. The van der Waals surface area contributed by atoms with Crippen LogP contribution in [-0.2, 0) is 9.59 Å². The molecule has 1 amide bonds. The summed E-state index contributed by atoms with van der Waals surface area (Å²) in [5.74, 6) is -1.38. The van der Waals surface area contributed by atoms with E-state index in [4.69, 9.17) is 5.73 Å². The van der Waals surface area contributed by atoms with Crippen molar-refractivity contribution in [1.29, 1.82) is 0 Å². The summed E-state index contributed by atoms with van der Waals surface area (Å²) < 4.78 is 0. The van der Waals surface area contributed by atoms with Gasteiger partial charge in [-0.25, -0.2) is 4.79 Å². The molecule has 0 aromatic carbocycles. The van der Waals surface area contributed by atoms with Gasteiger partial charge >= 0.3 is 5.97 Å². The highest BCUT2D eigenvalue weighted by Gasteiger charge is 2.43. The fourth-order valence-corrected chi connectivity index (χ4v) is 3.01. The molecule has 1 saturated carbocycles. The standard InChI is InChI=1S/C12H16N2O3S/c13-9(8-4-3-7-18-8)10(15)14-12(11(16)17)5-1-2-6-12/h3-4,7,9H,1-2,5-6,13H2,(H,14,15)(H,16,17). The number of nitrogens with two attached hydrogens (primary N) is 1. The van der Waals surface area contributed by atoms with Gasteiger partial charge in [-0.15, -0.1) is 11.3 Å². The van der Waals surface area contributed by atoms with Crippen LogP contribution in [0.2, 0.25) is 0 Å². The zero-order chi connectivity index (χ0) is 13.2. The number of aliphatic carboxylic acids is 1. The lowest BCUT2D eigenvalue weighted by molar-refractivity contribution is -0.147. The van der Waals surface area contributed by atoms with Crippen LogP contribution in [0, 0.1) is 0 Å². The molecule has 1 aliphatic carbocycles. The number of hydrogen-bond acceptors (Lipinski definition) is 4. The third-order valence-corrected chi connectivity index (χ3v) is 4.32. The Morgan fingerprint density at radius 3 is 2.61 bits per heavy atom. The minimum atomic E-state index is -1.12. The highest BCUT2D eigenvalue weighted by atomic mass is 32.1. The molecule has 4 N–H and O–H groups in total. The molecule has 6 heteroatoms. The van der Waals surface area contributed by atoms with E-state index < -0.39 is 23.5 Å². The van der Waals surface area contributed by atoms with Crippen LogP contribution in [0.25, 0.3) is 0 Å². The molecule has 18 heavy (non-hydrogen) atoms. The van der Waals surface area contributed by atoms with E-state index in [0.29, 0.717) is 12.8 Å². The van der Waals surface area contributed by atoms with Gasteiger partial charge in [0.25, 0.3) is 0 Å². The first kappa shape index (κ1) is 13.0. The van der Waals surface area contributed by atoms with Gasteiger partial charge in [0, 0.05) is 4.88 Å². The number of carbonyl (C=O) groups excluding carboxylic acids is 1. The van der Waals surface area contributed by atoms with Crippen molar-refractivity contribution in [2.45, 2.75) is 37.3 Å². The van der Waals surface area contributed by atoms with Gasteiger partial charge in [-0.2, -0.15) is 0 Å². The first-order valence-corrected chi connectivity index (χ1v) is 6.77. The molecule has 2 rings (SSSR count). The minimum absolute atomic E-state index is 0.415. The lowest BCUT2D eigenvalue weighted by Gasteiger charge is -2.26. The van der Waals surface area contributed by atoms with Gasteiger partial charge in [0.15, 0.2) is 0 Å². The van der Waals surface area contributed by atoms with E-state index in [2.05, 4.69) is 5.32 Å². The fraction of sp³-hybridized carbons (Fsp3) is 0.500. The van der Waals surface area contributed by atoms with Gasteiger partial charge in [0.05, 0.1) is 0 Å². The van der Waals surface area contributed by atoms with Crippen LogP contribution in [-0.4, -0.2) is 22.5 Å². The molecule has 1 atom stereocenters. The summed E-state index contributed by atoms with van der Waals surface area (Å²) in [5, 5.41) is 13.7. The summed E-state index contributed by atoms with van der Waals surface area (Å²) in [7, 11) is 0. The van der Waals surface area contributed by atoms with Gasteiger partial charge in [-0.1, -0.05) is 18.9 Å². The van der Waals surface area contributed by atoms with Crippen molar-refractivity contribution in [3.8, 4) is 0 Å². The van der Waals surface area contributed by atoms with E-state index in [1.165, 1.54) is 11.3 Å². The maximum absolute atomic E-state index is 12.0. The van der Waals surface area contributed by atoms with Crippen LogP contribution in [0.1, 0.15) is 36.6 Å². The number of carboxylic acids is 1. The molecule has 0 saturated heterocycles. The molecule has 1 fully saturated rings. The van der Waals surface area contributed by atoms with Gasteiger partial charge in [-0.3, -0.25) is 4.79 Å². The van der Waals surface area contributed by atoms with E-state index in [1.807, 2.05) is 11.4 Å². The zero-order valence-electron chi connectivity index (χ0n) is 9.89. The van der Waals surface area contributed by atoms with E-state index in [9.17, 15) is 14.7 Å². The van der Waals surface area contributed by atoms with E-state index in [-0.39, 0.29) is 0 Å². The van der Waals surface area contributed by atoms with Gasteiger partial charge in [-0.05, 0) is 24.3 Å². The molecule has 0 spiro atoms. The molecule has 5 nitrogen and oxygen atoms in total. The Hall–Kier alpha value is -1.40. The SMILES string of the molecule is NC(C(=O)NC1(C(=O)O)CCCC1)c1cccs1. The second-order valence-electron chi connectivity index (χ2n) is 4.58. The van der Waals surface area contributed by atoms with Crippen LogP contribution in [0.4, 0.5) is 0 Å². The number of thiophene rings is 1. The summed E-state index contributed by atoms with van der Waals surface area (Å²) in [6, 6.07) is 2.80. The third-order valence-electron chi connectivity index (χ3n) is 3.36. The summed E-state index contributed by atoms with van der Waals surface area (Å²) >= 11 is 1.39. The maximum atomic E-state index is 12.0. The Morgan fingerprint density at radius 2 is 2.11 bits per heavy atom. The Morgan fingerprint density at radius 1 is 1.44 bits per heavy atom. The Balaban J connectivity index is 2.08. The summed E-state index contributed by atoms with van der Waals surface area (Å²) in [6.45, 7) is 0. The number of carboxylic acid groups (broad SMARTS) is 1. The molecule has 98 valence electrons. The Bertz CT molecular complexity index is 438. The van der Waals surface area contributed by atoms with Gasteiger partial charge < -0.3 is 16.2 Å². The summed E-state index contributed by atoms with van der Waals surface area (Å²) in [4.78, 5) is 24.1. The molecule has 1 unspecified atom stereocenters. The fourth-order valence-electron chi connectivity index (χ4n) is 2.28. The van der Waals surface area contributed by atoms with Crippen molar-refractivity contribution in [2.75, 3.05) is 0 Å². The van der Waals surface area contributed by atoms with Crippen molar-refractivity contribution in [3.05, 3.63) is 22.4 Å². The topological polar surface area (TPSA) is 92.4 Å². The van der Waals surface area contributed by atoms with E-state index in [0.717, 1.165) is 17.7 Å². The van der Waals surface area contributed by atoms with E-state index in [1.54, 1.807) is 6.07 Å². The monoisotopic (exact) mass is 268 g/mol. The number of hydrogen-bond donors (Lipinski definition) is 3. The summed E-state index contributed by atoms with van der Waals surface area (Å²) in [5.41, 5.74) is 4.71. The second kappa shape index (κ2) is 5.07. The van der Waals surface area contributed by atoms with Crippen molar-refractivity contribution < 1.29 is 14.7 Å². The second-order valence-corrected chi connectivity index (χ2v) is 5.56. The minimum Gasteiger partial charge on any atom is -0.480 e. The van der Waals surface area contributed by atoms with Crippen LogP contribution in [0.5, 0.6) is 0 Å². The molecule has 1 heterocycles. The lowest BCUT2D eigenvalue weighted by atomic mass is 9.97. The number of nitrogens with one attached hydrogen (secondary N) is 1. The molecule has 1 aromatic rings. The van der Waals surface area contributed by atoms with Crippen LogP contribution >= 0.6 is 11.3 Å². The predicted octanol–water partition coefficient (Wildman–Crippen LogP) is 1.26. The van der Waals surface area contributed by atoms with Crippen LogP contribution in [0.3, 0.4) is 0 Å². The average molecular weight is 268 g/mol. The molecule has 1 aromatic heterocycles. The molecular weight excluding hydrogens is 252 g/mol. The van der Waals surface area contributed by atoms with Gasteiger partial charge in [0.1, 0.15) is 11.6 Å². The normalized spacial score (nSPS) is 19.4. The highest BCUT2D eigenvalue weighted by molar-refractivity contribution is 7.10. The predicted molar refractivity (Wildman–Crippen MR) is 68.2 cm³/mol. The largest absolute Gasteiger partial charge is 0.480 e. The number of carbonyl (C=O) groups is 2. The molecule has 0 radical (unpaired) electrons. The number of rotatable bonds is 4. The Kier molecular flexibility index (Phi) is 3.68. The third kappa shape index (κ3) is 2.39. The van der Waals surface area contributed by atoms with Gasteiger partial charge in [0.2, 0.25) is 5.91 Å². The van der Waals surface area contributed by atoms with Crippen LogP contribution < -0.4 is 11.1 Å². The molecule has 0 aliphatic heterocycles. The highest BCUT2D eigenvalue weighted by Crippen LogP contribution is 2.30. The van der Waals surface area contributed by atoms with Crippen LogP contribution in [0.15, 0.2) is 17.5 Å². The quantitative estimate of drug-likeness (QED) is 0.766. The first-order valence-electron chi connectivity index (χ1n) is 5.89. The molecular formula is C12H16N2O3S. The number of amides is 1. The molecule has 0 bridgehead atoms. The van der Waals surface area contributed by atoms with Crippen molar-refractivity contribution >= 4 is 23.2 Å².